The summed E-state index contributed by atoms with van der Waals surface area (Å²) in [6, 6.07) is 14.1. The normalized spacial score (nSPS) is 11.4. The molecule has 40 heavy (non-hydrogen) atoms. The Labute approximate surface area is 241 Å². The van der Waals surface area contributed by atoms with Crippen molar-refractivity contribution in [1.82, 2.24) is 14.9 Å². The molecule has 0 amide bonds. The lowest BCUT2D eigenvalue weighted by atomic mass is 9.79. The van der Waals surface area contributed by atoms with Gasteiger partial charge in [0.05, 0.1) is 30.1 Å². The second kappa shape index (κ2) is 12.4. The second-order valence-electron chi connectivity index (χ2n) is 9.99. The number of thioether (sulfide) groups is 1. The van der Waals surface area contributed by atoms with Gasteiger partial charge >= 0.3 is 0 Å². The Bertz CT molecular complexity index is 1550. The summed E-state index contributed by atoms with van der Waals surface area (Å²) in [5, 5.41) is 0.956. The molecule has 4 rings (SSSR count). The van der Waals surface area contributed by atoms with Crippen molar-refractivity contribution in [2.75, 3.05) is 27.7 Å². The fourth-order valence-corrected chi connectivity index (χ4v) is 5.22. The topological polar surface area (TPSA) is 41.1 Å². The van der Waals surface area contributed by atoms with Crippen molar-refractivity contribution in [3.8, 4) is 28.8 Å². The van der Waals surface area contributed by atoms with Crippen molar-refractivity contribution in [3.63, 3.8) is 0 Å². The third-order valence-corrected chi connectivity index (χ3v) is 7.63. The van der Waals surface area contributed by atoms with E-state index in [1.165, 1.54) is 36.0 Å². The van der Waals surface area contributed by atoms with Crippen molar-refractivity contribution in [2.24, 2.45) is 0 Å². The summed E-state index contributed by atoms with van der Waals surface area (Å²) in [5.74, 6) is 4.52. The first-order valence-corrected chi connectivity index (χ1v) is 13.8. The quantitative estimate of drug-likeness (QED) is 0.171. The van der Waals surface area contributed by atoms with Gasteiger partial charge in [-0.15, -0.1) is 0 Å². The Morgan fingerprint density at radius 2 is 1.70 bits per heavy atom. The molecule has 0 aliphatic heterocycles. The van der Waals surface area contributed by atoms with Crippen LogP contribution in [0.15, 0.2) is 59.8 Å². The van der Waals surface area contributed by atoms with Crippen LogP contribution in [-0.2, 0) is 11.2 Å². The molecule has 0 aliphatic rings. The van der Waals surface area contributed by atoms with E-state index in [0.717, 1.165) is 11.3 Å². The maximum Gasteiger partial charge on any atom is 0.166 e. The maximum atomic E-state index is 14.9. The van der Waals surface area contributed by atoms with Gasteiger partial charge in [-0.3, -0.25) is 4.90 Å². The van der Waals surface area contributed by atoms with Crippen molar-refractivity contribution in [1.29, 1.82) is 0 Å². The standard InChI is InChI=1S/C31H29ClF3N3OS/c1-31(2,21-10-13-24(32)27(17-21)39-5)29-28(20-8-11-22(33)12-9-20)36-30(37-29)40-18-23-25(34)15-19(16-26(23)35)7-6-14-38(3)4/h8-13,15-17H,14,18H2,1-5H3,(H,36,37). The molecule has 1 heterocycles. The van der Waals surface area contributed by atoms with Gasteiger partial charge in [-0.25, -0.2) is 18.2 Å². The zero-order valence-electron chi connectivity index (χ0n) is 22.8. The van der Waals surface area contributed by atoms with Crippen LogP contribution in [0.25, 0.3) is 11.3 Å². The highest BCUT2D eigenvalue weighted by atomic mass is 35.5. The number of imidazole rings is 1. The Kier molecular flexibility index (Phi) is 9.19. The highest BCUT2D eigenvalue weighted by Crippen LogP contribution is 2.41. The van der Waals surface area contributed by atoms with E-state index in [2.05, 4.69) is 16.8 Å². The number of benzene rings is 3. The molecule has 0 fully saturated rings. The number of hydrogen-bond donors (Lipinski definition) is 1. The number of aromatic amines is 1. The number of halogens is 4. The van der Waals surface area contributed by atoms with Gasteiger partial charge in [0.2, 0.25) is 0 Å². The largest absolute Gasteiger partial charge is 0.495 e. The Hall–Kier alpha value is -3.38. The van der Waals surface area contributed by atoms with E-state index in [1.54, 1.807) is 25.3 Å². The average Bonchev–Trinajstić information content (AvgIpc) is 3.34. The van der Waals surface area contributed by atoms with Crippen LogP contribution in [0, 0.1) is 29.3 Å². The molecule has 0 radical (unpaired) electrons. The first kappa shape index (κ1) is 29.6. The monoisotopic (exact) mass is 583 g/mol. The third-order valence-electron chi connectivity index (χ3n) is 6.42. The molecule has 0 aliphatic carbocycles. The number of H-pyrrole nitrogens is 1. The summed E-state index contributed by atoms with van der Waals surface area (Å²) >= 11 is 7.43. The number of methoxy groups -OCH3 is 1. The van der Waals surface area contributed by atoms with Crippen LogP contribution in [-0.4, -0.2) is 42.6 Å². The number of rotatable bonds is 8. The van der Waals surface area contributed by atoms with Crippen LogP contribution in [0.2, 0.25) is 5.02 Å². The lowest BCUT2D eigenvalue weighted by Crippen LogP contribution is -2.20. The molecule has 1 N–H and O–H groups in total. The molecular weight excluding hydrogens is 555 g/mol. The molecule has 208 valence electrons. The zero-order valence-corrected chi connectivity index (χ0v) is 24.4. The first-order chi connectivity index (χ1) is 19.0. The van der Waals surface area contributed by atoms with Crippen LogP contribution in [0.1, 0.15) is 36.2 Å². The number of aromatic nitrogens is 2. The van der Waals surface area contributed by atoms with Crippen LogP contribution in [0.3, 0.4) is 0 Å². The summed E-state index contributed by atoms with van der Waals surface area (Å²) in [5.41, 5.74) is 2.56. The predicted octanol–water partition coefficient (Wildman–Crippen LogP) is 7.69. The first-order valence-electron chi connectivity index (χ1n) is 12.4. The van der Waals surface area contributed by atoms with Crippen molar-refractivity contribution in [2.45, 2.75) is 30.2 Å². The SMILES string of the molecule is COc1cc(C(C)(C)c2[nH]c(SCc3c(F)cc(C#CCN(C)C)cc3F)nc2-c2ccc(F)cc2)ccc1Cl. The van der Waals surface area contributed by atoms with E-state index in [0.29, 0.717) is 33.7 Å². The molecule has 0 unspecified atom stereocenters. The van der Waals surface area contributed by atoms with Crippen molar-refractivity contribution < 1.29 is 17.9 Å². The van der Waals surface area contributed by atoms with Crippen molar-refractivity contribution >= 4 is 23.4 Å². The van der Waals surface area contributed by atoms with E-state index in [1.807, 2.05) is 45.0 Å². The fraction of sp³-hybridized carbons (Fsp3) is 0.258. The predicted molar refractivity (Wildman–Crippen MR) is 155 cm³/mol. The molecular formula is C31H29ClF3N3OS. The molecule has 0 saturated carbocycles. The number of ether oxygens (including phenoxy) is 1. The van der Waals surface area contributed by atoms with E-state index in [-0.39, 0.29) is 22.7 Å². The lowest BCUT2D eigenvalue weighted by molar-refractivity contribution is 0.413. The number of hydrogen-bond acceptors (Lipinski definition) is 4. The minimum absolute atomic E-state index is 0.00802. The van der Waals surface area contributed by atoms with Gasteiger partial charge in [0.1, 0.15) is 23.2 Å². The zero-order chi connectivity index (χ0) is 29.0. The van der Waals surface area contributed by atoms with E-state index >= 15 is 0 Å². The summed E-state index contributed by atoms with van der Waals surface area (Å²) in [7, 11) is 5.28. The highest BCUT2D eigenvalue weighted by molar-refractivity contribution is 7.98. The van der Waals surface area contributed by atoms with E-state index < -0.39 is 17.0 Å². The Balaban J connectivity index is 1.68. The van der Waals surface area contributed by atoms with Gasteiger partial charge in [-0.2, -0.15) is 0 Å². The number of nitrogens with one attached hydrogen (secondary N) is 1. The minimum Gasteiger partial charge on any atom is -0.495 e. The highest BCUT2D eigenvalue weighted by Gasteiger charge is 2.31. The Morgan fingerprint density at radius 3 is 2.33 bits per heavy atom. The molecule has 0 atom stereocenters. The molecule has 4 nitrogen and oxygen atoms in total. The molecule has 0 saturated heterocycles. The van der Waals surface area contributed by atoms with Crippen LogP contribution < -0.4 is 4.74 Å². The van der Waals surface area contributed by atoms with Crippen molar-refractivity contribution in [3.05, 3.63) is 99.5 Å². The average molecular weight is 584 g/mol. The van der Waals surface area contributed by atoms with Gasteiger partial charge in [0, 0.05) is 27.9 Å². The summed E-state index contributed by atoms with van der Waals surface area (Å²) < 4.78 is 48.9. The van der Waals surface area contributed by atoms with Crippen LogP contribution in [0.4, 0.5) is 13.2 Å². The van der Waals surface area contributed by atoms with Gasteiger partial charge in [0.15, 0.2) is 5.16 Å². The number of nitrogens with zero attached hydrogens (tertiary/aromatic N) is 2. The van der Waals surface area contributed by atoms with Crippen LogP contribution in [0.5, 0.6) is 5.75 Å². The second-order valence-corrected chi connectivity index (χ2v) is 11.4. The molecule has 1 aromatic heterocycles. The molecule has 3 aromatic carbocycles. The van der Waals surface area contributed by atoms with E-state index in [9.17, 15) is 13.2 Å². The molecule has 4 aromatic rings. The summed E-state index contributed by atoms with van der Waals surface area (Å²) in [6.07, 6.45) is 0. The van der Waals surface area contributed by atoms with Crippen LogP contribution >= 0.6 is 23.4 Å². The smallest absolute Gasteiger partial charge is 0.166 e. The molecule has 9 heteroatoms. The lowest BCUT2D eigenvalue weighted by Gasteiger charge is -2.26. The fourth-order valence-electron chi connectivity index (χ4n) is 4.13. The minimum atomic E-state index is -0.666. The van der Waals surface area contributed by atoms with Gasteiger partial charge < -0.3 is 9.72 Å². The summed E-state index contributed by atoms with van der Waals surface area (Å²) in [6.45, 7) is 4.51. The van der Waals surface area contributed by atoms with E-state index in [4.69, 9.17) is 21.3 Å². The maximum absolute atomic E-state index is 14.9. The molecule has 0 spiro atoms. The van der Waals surface area contributed by atoms with Gasteiger partial charge in [-0.1, -0.05) is 55.1 Å². The van der Waals surface area contributed by atoms with Gasteiger partial charge in [-0.05, 0) is 68.2 Å². The van der Waals surface area contributed by atoms with Gasteiger partial charge in [0.25, 0.3) is 0 Å². The molecule has 0 bridgehead atoms. The third kappa shape index (κ3) is 6.67. The summed E-state index contributed by atoms with van der Waals surface area (Å²) in [4.78, 5) is 9.99. The Morgan fingerprint density at radius 1 is 1.02 bits per heavy atom.